The van der Waals surface area contributed by atoms with Gasteiger partial charge in [-0.1, -0.05) is 5.16 Å². The van der Waals surface area contributed by atoms with E-state index in [4.69, 9.17) is 9.26 Å². The minimum atomic E-state index is 0.0506. The standard InChI is InChI=1S/C13H20N2O3/c1-4-17-12-7-11(12)13(16)14-6-5-10-8(2)15-18-9(10)3/h11-12H,4-7H2,1-3H3,(H,14,16). The van der Waals surface area contributed by atoms with E-state index in [1.165, 1.54) is 0 Å². The largest absolute Gasteiger partial charge is 0.378 e. The summed E-state index contributed by atoms with van der Waals surface area (Å²) < 4.78 is 10.5. The summed E-state index contributed by atoms with van der Waals surface area (Å²) in [5, 5.41) is 6.83. The summed E-state index contributed by atoms with van der Waals surface area (Å²) in [6.07, 6.45) is 1.75. The molecule has 18 heavy (non-hydrogen) atoms. The highest BCUT2D eigenvalue weighted by Gasteiger charge is 2.43. The van der Waals surface area contributed by atoms with Gasteiger partial charge in [-0.3, -0.25) is 4.79 Å². The monoisotopic (exact) mass is 252 g/mol. The Morgan fingerprint density at radius 1 is 1.56 bits per heavy atom. The van der Waals surface area contributed by atoms with Crippen LogP contribution in [0.15, 0.2) is 4.52 Å². The topological polar surface area (TPSA) is 64.4 Å². The third kappa shape index (κ3) is 2.90. The number of aryl methyl sites for hydroxylation is 2. The summed E-state index contributed by atoms with van der Waals surface area (Å²) in [6.45, 7) is 7.05. The predicted octanol–water partition coefficient (Wildman–Crippen LogP) is 1.38. The van der Waals surface area contributed by atoms with Gasteiger partial charge >= 0.3 is 0 Å². The van der Waals surface area contributed by atoms with Crippen LogP contribution in [0.2, 0.25) is 0 Å². The zero-order chi connectivity index (χ0) is 13.1. The van der Waals surface area contributed by atoms with Gasteiger partial charge in [0.1, 0.15) is 5.76 Å². The molecule has 0 aliphatic heterocycles. The molecule has 100 valence electrons. The molecule has 2 unspecified atom stereocenters. The van der Waals surface area contributed by atoms with Crippen molar-refractivity contribution in [3.05, 3.63) is 17.0 Å². The van der Waals surface area contributed by atoms with Gasteiger partial charge in [0.25, 0.3) is 0 Å². The van der Waals surface area contributed by atoms with Crippen molar-refractivity contribution in [2.75, 3.05) is 13.2 Å². The molecule has 1 heterocycles. The van der Waals surface area contributed by atoms with Crippen LogP contribution in [0.25, 0.3) is 0 Å². The van der Waals surface area contributed by atoms with Crippen LogP contribution in [0, 0.1) is 19.8 Å². The number of ether oxygens (including phenoxy) is 1. The maximum Gasteiger partial charge on any atom is 0.225 e. The Morgan fingerprint density at radius 3 is 2.94 bits per heavy atom. The van der Waals surface area contributed by atoms with Gasteiger partial charge in [0, 0.05) is 18.7 Å². The normalized spacial score (nSPS) is 21.9. The molecule has 2 atom stereocenters. The van der Waals surface area contributed by atoms with Gasteiger partial charge in [0.2, 0.25) is 5.91 Å². The van der Waals surface area contributed by atoms with Crippen LogP contribution in [0.3, 0.4) is 0 Å². The first-order chi connectivity index (χ1) is 8.63. The highest BCUT2D eigenvalue weighted by molar-refractivity contribution is 5.82. The fourth-order valence-corrected chi connectivity index (χ4v) is 2.15. The first kappa shape index (κ1) is 13.1. The summed E-state index contributed by atoms with van der Waals surface area (Å²) in [4.78, 5) is 11.8. The number of nitrogens with one attached hydrogen (secondary N) is 1. The van der Waals surface area contributed by atoms with E-state index < -0.39 is 0 Å². The lowest BCUT2D eigenvalue weighted by Crippen LogP contribution is -2.28. The van der Waals surface area contributed by atoms with Gasteiger partial charge in [-0.05, 0) is 33.6 Å². The summed E-state index contributed by atoms with van der Waals surface area (Å²) in [5.74, 6) is 0.982. The highest BCUT2D eigenvalue weighted by atomic mass is 16.5. The maximum atomic E-state index is 11.8. The average molecular weight is 252 g/mol. The van der Waals surface area contributed by atoms with E-state index in [0.29, 0.717) is 13.2 Å². The van der Waals surface area contributed by atoms with Crippen molar-refractivity contribution >= 4 is 5.91 Å². The second kappa shape index (κ2) is 5.52. The van der Waals surface area contributed by atoms with Gasteiger partial charge in [-0.15, -0.1) is 0 Å². The summed E-state index contributed by atoms with van der Waals surface area (Å²) in [6, 6.07) is 0. The number of nitrogens with zero attached hydrogens (tertiary/aromatic N) is 1. The quantitative estimate of drug-likeness (QED) is 0.830. The molecule has 2 rings (SSSR count). The highest BCUT2D eigenvalue weighted by Crippen LogP contribution is 2.33. The van der Waals surface area contributed by atoms with E-state index in [1.807, 2.05) is 20.8 Å². The molecule has 1 saturated carbocycles. The molecule has 0 bridgehead atoms. The molecule has 1 aliphatic rings. The third-order valence-electron chi connectivity index (χ3n) is 3.30. The van der Waals surface area contributed by atoms with Crippen LogP contribution in [-0.2, 0) is 16.0 Å². The maximum absolute atomic E-state index is 11.8. The molecule has 0 radical (unpaired) electrons. The minimum Gasteiger partial charge on any atom is -0.378 e. The molecule has 0 saturated heterocycles. The fourth-order valence-electron chi connectivity index (χ4n) is 2.15. The first-order valence-electron chi connectivity index (χ1n) is 6.44. The van der Waals surface area contributed by atoms with Crippen molar-refractivity contribution in [3.63, 3.8) is 0 Å². The van der Waals surface area contributed by atoms with E-state index in [0.717, 1.165) is 29.9 Å². The Labute approximate surface area is 107 Å². The molecule has 1 N–H and O–H groups in total. The molecule has 1 amide bonds. The number of rotatable bonds is 6. The zero-order valence-corrected chi connectivity index (χ0v) is 11.2. The Balaban J connectivity index is 1.72. The number of hydrogen-bond donors (Lipinski definition) is 1. The van der Waals surface area contributed by atoms with E-state index in [1.54, 1.807) is 0 Å². The van der Waals surface area contributed by atoms with Crippen molar-refractivity contribution in [1.82, 2.24) is 10.5 Å². The van der Waals surface area contributed by atoms with E-state index >= 15 is 0 Å². The molecule has 5 nitrogen and oxygen atoms in total. The van der Waals surface area contributed by atoms with Crippen LogP contribution >= 0.6 is 0 Å². The van der Waals surface area contributed by atoms with Crippen molar-refractivity contribution in [1.29, 1.82) is 0 Å². The average Bonchev–Trinajstić information content (AvgIpc) is 3.04. The lowest BCUT2D eigenvalue weighted by atomic mass is 10.1. The number of amides is 1. The van der Waals surface area contributed by atoms with Crippen LogP contribution in [-0.4, -0.2) is 30.3 Å². The number of hydrogen-bond acceptors (Lipinski definition) is 4. The molecular formula is C13H20N2O3. The Morgan fingerprint density at radius 2 is 2.33 bits per heavy atom. The first-order valence-corrected chi connectivity index (χ1v) is 6.44. The van der Waals surface area contributed by atoms with Crippen molar-refractivity contribution in [2.24, 2.45) is 5.92 Å². The van der Waals surface area contributed by atoms with Crippen LogP contribution in [0.1, 0.15) is 30.4 Å². The summed E-state index contributed by atoms with van der Waals surface area (Å²) in [5.41, 5.74) is 1.99. The van der Waals surface area contributed by atoms with E-state index in [2.05, 4.69) is 10.5 Å². The number of carbonyl (C=O) groups is 1. The SMILES string of the molecule is CCOC1CC1C(=O)NCCc1c(C)noc1C. The third-order valence-corrected chi connectivity index (χ3v) is 3.30. The fraction of sp³-hybridized carbons (Fsp3) is 0.692. The number of aromatic nitrogens is 1. The van der Waals surface area contributed by atoms with Gasteiger partial charge < -0.3 is 14.6 Å². The Bertz CT molecular complexity index is 408. The Hall–Kier alpha value is -1.36. The van der Waals surface area contributed by atoms with Crippen molar-refractivity contribution in [3.8, 4) is 0 Å². The summed E-state index contributed by atoms with van der Waals surface area (Å²) in [7, 11) is 0. The second-order valence-corrected chi connectivity index (χ2v) is 4.68. The second-order valence-electron chi connectivity index (χ2n) is 4.68. The minimum absolute atomic E-state index is 0.0506. The van der Waals surface area contributed by atoms with Crippen molar-refractivity contribution < 1.29 is 14.1 Å². The van der Waals surface area contributed by atoms with Gasteiger partial charge in [0.05, 0.1) is 17.7 Å². The van der Waals surface area contributed by atoms with E-state index in [-0.39, 0.29) is 17.9 Å². The molecule has 0 aromatic carbocycles. The smallest absolute Gasteiger partial charge is 0.225 e. The molecule has 1 aliphatic carbocycles. The summed E-state index contributed by atoms with van der Waals surface area (Å²) >= 11 is 0. The molecule has 1 aromatic rings. The van der Waals surface area contributed by atoms with Crippen molar-refractivity contribution in [2.45, 2.75) is 39.7 Å². The van der Waals surface area contributed by atoms with Crippen LogP contribution in [0.5, 0.6) is 0 Å². The van der Waals surface area contributed by atoms with Gasteiger partial charge in [0.15, 0.2) is 0 Å². The molecule has 0 spiro atoms. The van der Waals surface area contributed by atoms with Gasteiger partial charge in [-0.2, -0.15) is 0 Å². The predicted molar refractivity (Wildman–Crippen MR) is 66.2 cm³/mol. The molecule has 5 heteroatoms. The lowest BCUT2D eigenvalue weighted by Gasteiger charge is -2.04. The molecule has 1 fully saturated rings. The van der Waals surface area contributed by atoms with Crippen LogP contribution < -0.4 is 5.32 Å². The zero-order valence-electron chi connectivity index (χ0n) is 11.2. The number of carbonyl (C=O) groups excluding carboxylic acids is 1. The van der Waals surface area contributed by atoms with E-state index in [9.17, 15) is 4.79 Å². The Kier molecular flexibility index (Phi) is 4.01. The lowest BCUT2D eigenvalue weighted by molar-refractivity contribution is -0.123. The van der Waals surface area contributed by atoms with Gasteiger partial charge in [-0.25, -0.2) is 0 Å². The van der Waals surface area contributed by atoms with Crippen LogP contribution in [0.4, 0.5) is 0 Å². The molecular weight excluding hydrogens is 232 g/mol. The molecule has 1 aromatic heterocycles.